The molecule has 0 aliphatic carbocycles. The molecule has 2 rings (SSSR count). The molecule has 0 atom stereocenters. The van der Waals surface area contributed by atoms with Crippen LogP contribution in [0.1, 0.15) is 0 Å². The van der Waals surface area contributed by atoms with Crippen molar-refractivity contribution in [1.29, 1.82) is 0 Å². The van der Waals surface area contributed by atoms with Gasteiger partial charge in [-0.3, -0.25) is 4.79 Å². The zero-order valence-corrected chi connectivity index (χ0v) is 8.90. The lowest BCUT2D eigenvalue weighted by Crippen LogP contribution is -2.21. The topological polar surface area (TPSA) is 73.3 Å². The highest BCUT2D eigenvalue weighted by Gasteiger charge is 2.15. The molecule has 0 saturated heterocycles. The van der Waals surface area contributed by atoms with Crippen molar-refractivity contribution in [3.8, 4) is 0 Å². The summed E-state index contributed by atoms with van der Waals surface area (Å²) in [6, 6.07) is 1.52. The van der Waals surface area contributed by atoms with E-state index in [1.807, 2.05) is 0 Å². The van der Waals surface area contributed by atoms with Gasteiger partial charge in [0.1, 0.15) is 25.3 Å². The van der Waals surface area contributed by atoms with Gasteiger partial charge in [0, 0.05) is 6.20 Å². The number of carbonyl (C=O) groups is 1. The van der Waals surface area contributed by atoms with E-state index in [9.17, 15) is 4.79 Å². The summed E-state index contributed by atoms with van der Waals surface area (Å²) in [5.41, 5.74) is 0. The lowest BCUT2D eigenvalue weighted by Gasteiger charge is -2.14. The van der Waals surface area contributed by atoms with Gasteiger partial charge in [0.05, 0.1) is 0 Å². The van der Waals surface area contributed by atoms with Gasteiger partial charge in [-0.15, -0.1) is 0 Å². The number of nitrogens with one attached hydrogen (secondary N) is 1. The Hall–Kier alpha value is -1.82. The average Bonchev–Trinajstić information content (AvgIpc) is 2.30. The van der Waals surface area contributed by atoms with Gasteiger partial charge in [-0.1, -0.05) is 0 Å². The molecule has 7 heteroatoms. The minimum Gasteiger partial charge on any atom is -0.494 e. The summed E-state index contributed by atoms with van der Waals surface area (Å²) in [5.74, 6) is -0.0180. The first-order valence-electron chi connectivity index (χ1n) is 4.50. The number of hydrogen-bond donors (Lipinski definition) is 1. The molecule has 16 heavy (non-hydrogen) atoms. The van der Waals surface area contributed by atoms with Crippen molar-refractivity contribution in [1.82, 2.24) is 9.97 Å². The Morgan fingerprint density at radius 1 is 1.50 bits per heavy atom. The number of anilines is 1. The zero-order valence-electron chi connectivity index (χ0n) is 8.14. The average molecular weight is 242 g/mol. The third-order valence-electron chi connectivity index (χ3n) is 1.74. The van der Waals surface area contributed by atoms with E-state index in [-0.39, 0.29) is 11.0 Å². The van der Waals surface area contributed by atoms with Gasteiger partial charge >= 0.3 is 0 Å². The molecule has 0 aromatic carbocycles. The Bertz CT molecular complexity index is 436. The maximum atomic E-state index is 11.6. The Morgan fingerprint density at radius 2 is 2.38 bits per heavy atom. The summed E-state index contributed by atoms with van der Waals surface area (Å²) >= 11 is 5.57. The van der Waals surface area contributed by atoms with Gasteiger partial charge in [-0.05, 0) is 17.7 Å². The molecule has 0 saturated carbocycles. The number of nitrogens with zero attached hydrogens (tertiary/aromatic N) is 2. The predicted molar refractivity (Wildman–Crippen MR) is 55.7 cm³/mol. The Balaban J connectivity index is 2.04. The number of rotatable bonds is 2. The number of ether oxygens (including phenoxy) is 2. The van der Waals surface area contributed by atoms with E-state index in [0.29, 0.717) is 19.0 Å². The van der Waals surface area contributed by atoms with E-state index < -0.39 is 5.91 Å². The number of amides is 1. The molecule has 2 heterocycles. The lowest BCUT2D eigenvalue weighted by molar-refractivity contribution is -0.117. The summed E-state index contributed by atoms with van der Waals surface area (Å²) < 4.78 is 10.0. The van der Waals surface area contributed by atoms with Crippen molar-refractivity contribution in [3.63, 3.8) is 0 Å². The molecule has 1 aliphatic rings. The van der Waals surface area contributed by atoms with Crippen molar-refractivity contribution in [2.75, 3.05) is 18.5 Å². The molecule has 6 nitrogen and oxygen atoms in total. The van der Waals surface area contributed by atoms with Crippen LogP contribution in [0.4, 0.5) is 5.82 Å². The van der Waals surface area contributed by atoms with Crippen molar-refractivity contribution in [2.24, 2.45) is 0 Å². The van der Waals surface area contributed by atoms with Crippen LogP contribution in [0.3, 0.4) is 0 Å². The van der Waals surface area contributed by atoms with Crippen LogP contribution in [-0.2, 0) is 14.3 Å². The number of halogens is 1. The van der Waals surface area contributed by atoms with Crippen LogP contribution in [0, 0.1) is 0 Å². The molecule has 0 bridgehead atoms. The highest BCUT2D eigenvalue weighted by molar-refractivity contribution is 6.28. The quantitative estimate of drug-likeness (QED) is 0.781. The Morgan fingerprint density at radius 3 is 3.06 bits per heavy atom. The van der Waals surface area contributed by atoms with E-state index >= 15 is 0 Å². The molecule has 1 amide bonds. The molecule has 1 aromatic heterocycles. The second-order valence-corrected chi connectivity index (χ2v) is 3.20. The van der Waals surface area contributed by atoms with Crippen molar-refractivity contribution >= 4 is 23.3 Å². The van der Waals surface area contributed by atoms with Crippen LogP contribution in [-0.4, -0.2) is 29.1 Å². The van der Waals surface area contributed by atoms with Gasteiger partial charge in [-0.25, -0.2) is 9.97 Å². The van der Waals surface area contributed by atoms with Crippen LogP contribution < -0.4 is 5.32 Å². The van der Waals surface area contributed by atoms with E-state index in [1.165, 1.54) is 18.5 Å². The third-order valence-corrected chi connectivity index (χ3v) is 1.92. The molecule has 0 radical (unpaired) electrons. The van der Waals surface area contributed by atoms with Crippen molar-refractivity contribution < 1.29 is 14.3 Å². The SMILES string of the molecule is O=C(Nc1ccnc(Cl)n1)C1=COCCO1. The molecular weight excluding hydrogens is 234 g/mol. The molecular formula is C9H8ClN3O3. The smallest absolute Gasteiger partial charge is 0.295 e. The van der Waals surface area contributed by atoms with E-state index in [4.69, 9.17) is 21.1 Å². The van der Waals surface area contributed by atoms with Crippen LogP contribution in [0.15, 0.2) is 24.3 Å². The highest BCUT2D eigenvalue weighted by Crippen LogP contribution is 2.10. The Labute approximate surface area is 96.2 Å². The number of aromatic nitrogens is 2. The van der Waals surface area contributed by atoms with E-state index in [0.717, 1.165) is 0 Å². The van der Waals surface area contributed by atoms with Crippen LogP contribution in [0.5, 0.6) is 0 Å². The summed E-state index contributed by atoms with van der Waals surface area (Å²) in [4.78, 5) is 19.1. The highest BCUT2D eigenvalue weighted by atomic mass is 35.5. The first kappa shape index (κ1) is 10.7. The number of carbonyl (C=O) groups excluding carboxylic acids is 1. The fourth-order valence-corrected chi connectivity index (χ4v) is 1.22. The van der Waals surface area contributed by atoms with Crippen molar-refractivity contribution in [3.05, 3.63) is 29.6 Å². The second kappa shape index (κ2) is 4.80. The largest absolute Gasteiger partial charge is 0.494 e. The van der Waals surface area contributed by atoms with Gasteiger partial charge < -0.3 is 14.8 Å². The zero-order chi connectivity index (χ0) is 11.4. The van der Waals surface area contributed by atoms with Gasteiger partial charge in [-0.2, -0.15) is 0 Å². The summed E-state index contributed by atoms with van der Waals surface area (Å²) in [5, 5.41) is 2.57. The standard InChI is InChI=1S/C9H8ClN3O3/c10-9-11-2-1-7(13-9)12-8(14)6-5-15-3-4-16-6/h1-2,5H,3-4H2,(H,11,12,13,14). The monoisotopic (exact) mass is 241 g/mol. The molecule has 0 spiro atoms. The fourth-order valence-electron chi connectivity index (χ4n) is 1.07. The molecule has 0 fully saturated rings. The fraction of sp³-hybridized carbons (Fsp3) is 0.222. The molecule has 0 unspecified atom stereocenters. The minimum absolute atomic E-state index is 0.0626. The molecule has 1 aliphatic heterocycles. The normalized spacial score (nSPS) is 14.4. The summed E-state index contributed by atoms with van der Waals surface area (Å²) in [6.07, 6.45) is 2.71. The Kier molecular flexibility index (Phi) is 3.21. The second-order valence-electron chi connectivity index (χ2n) is 2.87. The van der Waals surface area contributed by atoms with Gasteiger partial charge in [0.25, 0.3) is 5.91 Å². The van der Waals surface area contributed by atoms with Crippen LogP contribution in [0.25, 0.3) is 0 Å². The third kappa shape index (κ3) is 2.60. The molecule has 1 N–H and O–H groups in total. The first-order chi connectivity index (χ1) is 7.75. The van der Waals surface area contributed by atoms with Gasteiger partial charge in [0.2, 0.25) is 11.0 Å². The first-order valence-corrected chi connectivity index (χ1v) is 4.88. The summed E-state index contributed by atoms with van der Waals surface area (Å²) in [6.45, 7) is 0.792. The van der Waals surface area contributed by atoms with Crippen LogP contribution in [0.2, 0.25) is 5.28 Å². The van der Waals surface area contributed by atoms with E-state index in [2.05, 4.69) is 15.3 Å². The van der Waals surface area contributed by atoms with Gasteiger partial charge in [0.15, 0.2) is 0 Å². The van der Waals surface area contributed by atoms with Crippen molar-refractivity contribution in [2.45, 2.75) is 0 Å². The molecule has 84 valence electrons. The summed E-state index contributed by atoms with van der Waals surface area (Å²) in [7, 11) is 0. The molecule has 1 aromatic rings. The maximum absolute atomic E-state index is 11.6. The van der Waals surface area contributed by atoms with Crippen LogP contribution >= 0.6 is 11.6 Å². The maximum Gasteiger partial charge on any atom is 0.295 e. The lowest BCUT2D eigenvalue weighted by atomic mass is 10.4. The number of hydrogen-bond acceptors (Lipinski definition) is 5. The minimum atomic E-state index is -0.436. The van der Waals surface area contributed by atoms with E-state index in [1.54, 1.807) is 0 Å². The predicted octanol–water partition coefficient (Wildman–Crippen LogP) is 0.957.